The molecule has 1 atom stereocenters. The smallest absolute Gasteiger partial charge is 0.226 e. The van der Waals surface area contributed by atoms with Crippen LogP contribution in [0.5, 0.6) is 0 Å². The Balaban J connectivity index is 0.00000182. The first-order chi connectivity index (χ1) is 11.6. The number of nitrogens with zero attached hydrogens (tertiary/aromatic N) is 3. The summed E-state index contributed by atoms with van der Waals surface area (Å²) in [6, 6.07) is 4.26. The van der Waals surface area contributed by atoms with Gasteiger partial charge in [-0.05, 0) is 43.7 Å². The first-order valence-corrected chi connectivity index (χ1v) is 8.66. The second kappa shape index (κ2) is 7.14. The highest BCUT2D eigenvalue weighted by atomic mass is 35.5. The van der Waals surface area contributed by atoms with Gasteiger partial charge in [-0.1, -0.05) is 0 Å². The molecule has 2 aromatic rings. The van der Waals surface area contributed by atoms with E-state index in [-0.39, 0.29) is 24.2 Å². The molecule has 3 heterocycles. The van der Waals surface area contributed by atoms with Gasteiger partial charge < -0.3 is 11.1 Å². The van der Waals surface area contributed by atoms with Gasteiger partial charge in [-0.25, -0.2) is 0 Å². The molecule has 7 heteroatoms. The summed E-state index contributed by atoms with van der Waals surface area (Å²) in [5.41, 5.74) is 9.19. The van der Waals surface area contributed by atoms with E-state index in [4.69, 9.17) is 10.8 Å². The number of amides is 1. The van der Waals surface area contributed by atoms with Gasteiger partial charge in [0.05, 0.1) is 5.69 Å². The third-order valence-corrected chi connectivity index (χ3v) is 5.44. The van der Waals surface area contributed by atoms with Crippen LogP contribution in [-0.4, -0.2) is 26.7 Å². The highest BCUT2D eigenvalue weighted by molar-refractivity contribution is 5.95. The van der Waals surface area contributed by atoms with Crippen LogP contribution < -0.4 is 11.1 Å². The van der Waals surface area contributed by atoms with Crippen molar-refractivity contribution in [3.05, 3.63) is 30.1 Å². The van der Waals surface area contributed by atoms with Gasteiger partial charge in [-0.3, -0.25) is 14.5 Å². The molecule has 4 rings (SSSR count). The number of nitrogens with one attached hydrogen (secondary N) is 1. The number of carbonyl (C=O) groups excluding carboxylic acids is 1. The maximum atomic E-state index is 12.3. The van der Waals surface area contributed by atoms with Gasteiger partial charge in [-0.15, -0.1) is 12.4 Å². The molecule has 1 aliphatic carbocycles. The molecule has 1 amide bonds. The van der Waals surface area contributed by atoms with E-state index >= 15 is 0 Å². The van der Waals surface area contributed by atoms with Crippen LogP contribution in [0.25, 0.3) is 11.3 Å². The van der Waals surface area contributed by atoms with E-state index in [0.29, 0.717) is 18.4 Å². The van der Waals surface area contributed by atoms with Gasteiger partial charge in [-0.2, -0.15) is 5.10 Å². The molecule has 3 N–H and O–H groups in total. The monoisotopic (exact) mass is 361 g/mol. The number of rotatable bonds is 2. The van der Waals surface area contributed by atoms with Gasteiger partial charge >= 0.3 is 0 Å². The van der Waals surface area contributed by atoms with Crippen molar-refractivity contribution >= 4 is 24.1 Å². The molecule has 1 fully saturated rings. The van der Waals surface area contributed by atoms with E-state index in [0.717, 1.165) is 42.8 Å². The number of hydrogen-bond donors (Lipinski definition) is 2. The van der Waals surface area contributed by atoms with E-state index in [2.05, 4.69) is 10.3 Å². The Hall–Kier alpha value is -1.92. The Kier molecular flexibility index (Phi) is 5.11. The Morgan fingerprint density at radius 2 is 2.04 bits per heavy atom. The quantitative estimate of drug-likeness (QED) is 0.861. The molecule has 0 spiro atoms. The molecule has 1 unspecified atom stereocenters. The molecular weight excluding hydrogens is 338 g/mol. The van der Waals surface area contributed by atoms with Crippen LogP contribution in [0.3, 0.4) is 0 Å². The molecule has 0 bridgehead atoms. The molecule has 0 saturated heterocycles. The molecular formula is C18H24ClN5O. The first-order valence-electron chi connectivity index (χ1n) is 8.66. The lowest BCUT2D eigenvalue weighted by atomic mass is 9.72. The lowest BCUT2D eigenvalue weighted by Gasteiger charge is -2.35. The zero-order chi connectivity index (χ0) is 16.7. The number of halogens is 1. The van der Waals surface area contributed by atoms with E-state index in [9.17, 15) is 4.79 Å². The number of carbonyl (C=O) groups is 1. The van der Waals surface area contributed by atoms with E-state index in [1.54, 1.807) is 10.9 Å². The number of aromatic nitrogens is 3. The van der Waals surface area contributed by atoms with Crippen LogP contribution in [0.4, 0.5) is 5.82 Å². The lowest BCUT2D eigenvalue weighted by Crippen LogP contribution is -2.33. The SMILES string of the molecule is Cl.Cn1nc(-c2cccnc2)c2c1NC(=O)CC2C1CCC(N)CC1. The van der Waals surface area contributed by atoms with Gasteiger partial charge in [0.25, 0.3) is 0 Å². The van der Waals surface area contributed by atoms with E-state index in [1.807, 2.05) is 25.4 Å². The highest BCUT2D eigenvalue weighted by Gasteiger charge is 2.37. The van der Waals surface area contributed by atoms with E-state index < -0.39 is 0 Å². The van der Waals surface area contributed by atoms with Gasteiger partial charge in [0.15, 0.2) is 0 Å². The summed E-state index contributed by atoms with van der Waals surface area (Å²) in [6.07, 6.45) is 8.39. The van der Waals surface area contributed by atoms with Crippen molar-refractivity contribution in [1.29, 1.82) is 0 Å². The molecule has 1 saturated carbocycles. The predicted molar refractivity (Wildman–Crippen MR) is 99.6 cm³/mol. The summed E-state index contributed by atoms with van der Waals surface area (Å²) in [7, 11) is 1.89. The molecule has 134 valence electrons. The van der Waals surface area contributed by atoms with Crippen LogP contribution >= 0.6 is 12.4 Å². The first kappa shape index (κ1) is 17.9. The predicted octanol–water partition coefficient (Wildman–Crippen LogP) is 2.85. The number of aryl methyl sites for hydroxylation is 1. The van der Waals surface area contributed by atoms with Crippen molar-refractivity contribution in [2.45, 2.75) is 44.1 Å². The van der Waals surface area contributed by atoms with Crippen LogP contribution in [-0.2, 0) is 11.8 Å². The highest BCUT2D eigenvalue weighted by Crippen LogP contribution is 2.46. The van der Waals surface area contributed by atoms with Crippen molar-refractivity contribution in [3.8, 4) is 11.3 Å². The van der Waals surface area contributed by atoms with Gasteiger partial charge in [0, 0.05) is 48.9 Å². The minimum Gasteiger partial charge on any atom is -0.328 e. The zero-order valence-corrected chi connectivity index (χ0v) is 15.1. The summed E-state index contributed by atoms with van der Waals surface area (Å²) >= 11 is 0. The average molecular weight is 362 g/mol. The fourth-order valence-electron chi connectivity index (χ4n) is 4.19. The molecule has 0 radical (unpaired) electrons. The summed E-state index contributed by atoms with van der Waals surface area (Å²) in [5, 5.41) is 7.71. The second-order valence-corrected chi connectivity index (χ2v) is 7.01. The molecule has 25 heavy (non-hydrogen) atoms. The number of nitrogens with two attached hydrogens (primary N) is 1. The van der Waals surface area contributed by atoms with Crippen LogP contribution in [0.2, 0.25) is 0 Å². The number of pyridine rings is 1. The molecule has 2 aliphatic rings. The minimum absolute atomic E-state index is 0. The summed E-state index contributed by atoms with van der Waals surface area (Å²) in [6.45, 7) is 0. The summed E-state index contributed by atoms with van der Waals surface area (Å²) < 4.78 is 1.79. The van der Waals surface area contributed by atoms with Crippen molar-refractivity contribution in [2.75, 3.05) is 5.32 Å². The summed E-state index contributed by atoms with van der Waals surface area (Å²) in [4.78, 5) is 16.5. The van der Waals surface area contributed by atoms with Crippen molar-refractivity contribution < 1.29 is 4.79 Å². The number of anilines is 1. The molecule has 2 aromatic heterocycles. The largest absolute Gasteiger partial charge is 0.328 e. The average Bonchev–Trinajstić information content (AvgIpc) is 2.93. The Bertz CT molecular complexity index is 752. The fourth-order valence-corrected chi connectivity index (χ4v) is 4.19. The van der Waals surface area contributed by atoms with Crippen LogP contribution in [0, 0.1) is 5.92 Å². The Morgan fingerprint density at radius 3 is 2.72 bits per heavy atom. The third-order valence-electron chi connectivity index (χ3n) is 5.44. The Labute approximate surface area is 153 Å². The van der Waals surface area contributed by atoms with E-state index in [1.165, 1.54) is 5.56 Å². The van der Waals surface area contributed by atoms with Crippen molar-refractivity contribution in [2.24, 2.45) is 18.7 Å². The van der Waals surface area contributed by atoms with Gasteiger partial charge in [0.1, 0.15) is 5.82 Å². The van der Waals surface area contributed by atoms with Crippen molar-refractivity contribution in [1.82, 2.24) is 14.8 Å². The summed E-state index contributed by atoms with van der Waals surface area (Å²) in [5.74, 6) is 1.63. The Morgan fingerprint density at radius 1 is 1.28 bits per heavy atom. The minimum atomic E-state index is 0. The van der Waals surface area contributed by atoms with Gasteiger partial charge in [0.2, 0.25) is 5.91 Å². The molecule has 0 aromatic carbocycles. The third kappa shape index (κ3) is 3.28. The van der Waals surface area contributed by atoms with Crippen LogP contribution in [0.1, 0.15) is 43.6 Å². The number of fused-ring (bicyclic) bond motifs is 1. The standard InChI is InChI=1S/C18H23N5O.ClH/c1-23-18-16(17(22-23)12-3-2-8-20-10-12)14(9-15(24)21-18)11-4-6-13(19)7-5-11;/h2-3,8,10-11,13-14H,4-7,9,19H2,1H3,(H,21,24);1H. The number of hydrogen-bond acceptors (Lipinski definition) is 4. The molecule has 1 aliphatic heterocycles. The van der Waals surface area contributed by atoms with Crippen LogP contribution in [0.15, 0.2) is 24.5 Å². The maximum Gasteiger partial charge on any atom is 0.226 e. The zero-order valence-electron chi connectivity index (χ0n) is 14.3. The fraction of sp³-hybridized carbons (Fsp3) is 0.500. The second-order valence-electron chi connectivity index (χ2n) is 7.01. The topological polar surface area (TPSA) is 85.8 Å². The normalized spacial score (nSPS) is 25.7. The lowest BCUT2D eigenvalue weighted by molar-refractivity contribution is -0.117. The molecule has 6 nitrogen and oxygen atoms in total. The van der Waals surface area contributed by atoms with Crippen molar-refractivity contribution in [3.63, 3.8) is 0 Å². The maximum absolute atomic E-state index is 12.3.